The summed E-state index contributed by atoms with van der Waals surface area (Å²) in [6, 6.07) is 0. The van der Waals surface area contributed by atoms with Crippen LogP contribution in [0.25, 0.3) is 0 Å². The Morgan fingerprint density at radius 1 is 1.17 bits per heavy atom. The summed E-state index contributed by atoms with van der Waals surface area (Å²) in [7, 11) is -3.35. The van der Waals surface area contributed by atoms with Crippen LogP contribution in [0.1, 0.15) is 0 Å². The van der Waals surface area contributed by atoms with Crippen molar-refractivity contribution in [2.45, 2.75) is 0 Å². The number of amides is 1. The lowest BCUT2D eigenvalue weighted by atomic mass is 10.9. The molecule has 18 heavy (non-hydrogen) atoms. The highest BCUT2D eigenvalue weighted by Gasteiger charge is 2.22. The molecule has 0 bridgehead atoms. The van der Waals surface area contributed by atoms with Gasteiger partial charge in [-0.1, -0.05) is 0 Å². The molecule has 0 rings (SSSR count). The van der Waals surface area contributed by atoms with Crippen molar-refractivity contribution >= 4 is 36.9 Å². The van der Waals surface area contributed by atoms with Gasteiger partial charge in [-0.2, -0.15) is 0 Å². The molecule has 0 heterocycles. The second-order valence-electron chi connectivity index (χ2n) is 2.44. The van der Waals surface area contributed by atoms with Crippen molar-refractivity contribution in [3.05, 3.63) is 0 Å². The van der Waals surface area contributed by atoms with E-state index < -0.39 is 26.8 Å². The van der Waals surface area contributed by atoms with Crippen LogP contribution >= 0.6 is 30.8 Å². The number of aliphatic hydroxyl groups excluding tert-OH is 2. The predicted octanol–water partition coefficient (Wildman–Crippen LogP) is 0.844. The molecule has 0 aliphatic heterocycles. The minimum atomic E-state index is -3.35. The number of rotatable bonds is 8. The molecule has 110 valence electrons. The zero-order valence-corrected chi connectivity index (χ0v) is 11.8. The van der Waals surface area contributed by atoms with Crippen molar-refractivity contribution < 1.29 is 33.7 Å². The lowest BCUT2D eigenvalue weighted by Gasteiger charge is -2.14. The average Bonchev–Trinajstić information content (AvgIpc) is 2.34. The van der Waals surface area contributed by atoms with Gasteiger partial charge in [0.25, 0.3) is 0 Å². The zero-order valence-electron chi connectivity index (χ0n) is 9.42. The van der Waals surface area contributed by atoms with Crippen LogP contribution in [0.3, 0.4) is 0 Å². The van der Waals surface area contributed by atoms with Gasteiger partial charge in [-0.05, 0) is 0 Å². The van der Waals surface area contributed by atoms with Crippen LogP contribution in [0.4, 0.5) is 4.79 Å². The van der Waals surface area contributed by atoms with Crippen LogP contribution in [0.2, 0.25) is 0 Å². The van der Waals surface area contributed by atoms with Gasteiger partial charge < -0.3 is 24.4 Å². The number of hydrogen-bond donors (Lipinski definition) is 4. The van der Waals surface area contributed by atoms with Crippen molar-refractivity contribution in [3.8, 4) is 0 Å². The normalized spacial score (nSPS) is 10.4. The van der Waals surface area contributed by atoms with Gasteiger partial charge in [0, 0.05) is 11.8 Å². The highest BCUT2D eigenvalue weighted by Crippen LogP contribution is 2.46. The van der Waals surface area contributed by atoms with E-state index in [0.717, 1.165) is 0 Å². The van der Waals surface area contributed by atoms with Gasteiger partial charge in [0.15, 0.2) is 0 Å². The molecule has 11 heteroatoms. The van der Waals surface area contributed by atoms with Crippen molar-refractivity contribution in [3.63, 3.8) is 0 Å². The van der Waals surface area contributed by atoms with Gasteiger partial charge in [-0.15, -0.1) is 23.2 Å². The Labute approximate surface area is 114 Å². The summed E-state index contributed by atoms with van der Waals surface area (Å²) in [4.78, 5) is 9.33. The maximum Gasteiger partial charge on any atom is 0.406 e. The molecule has 0 atom stereocenters. The summed E-state index contributed by atoms with van der Waals surface area (Å²) in [5, 5.41) is 25.7. The average molecular weight is 328 g/mol. The number of aliphatic hydroxyl groups is 2. The molecular formula is C7H16Cl2NO7P. The number of halogens is 2. The van der Waals surface area contributed by atoms with Crippen LogP contribution in [0.5, 0.6) is 0 Å². The number of alkyl halides is 2. The largest absolute Gasteiger partial charge is 0.465 e. The van der Waals surface area contributed by atoms with E-state index in [9.17, 15) is 9.36 Å². The van der Waals surface area contributed by atoms with Gasteiger partial charge in [-0.3, -0.25) is 9.88 Å². The van der Waals surface area contributed by atoms with Crippen molar-refractivity contribution in [1.82, 2.24) is 5.32 Å². The Bertz CT molecular complexity index is 244. The summed E-state index contributed by atoms with van der Waals surface area (Å²) in [5.41, 5.74) is 0. The Morgan fingerprint density at radius 3 is 1.78 bits per heavy atom. The zero-order chi connectivity index (χ0) is 14.4. The van der Waals surface area contributed by atoms with Gasteiger partial charge in [0.05, 0.1) is 13.2 Å². The molecule has 0 saturated heterocycles. The summed E-state index contributed by atoms with van der Waals surface area (Å²) < 4.78 is 20.7. The molecule has 0 saturated carbocycles. The van der Waals surface area contributed by atoms with Gasteiger partial charge >= 0.3 is 13.7 Å². The summed E-state index contributed by atoms with van der Waals surface area (Å²) in [6.07, 6.45) is -1.86. The van der Waals surface area contributed by atoms with E-state index in [4.69, 9.17) is 47.6 Å². The monoisotopic (exact) mass is 327 g/mol. The van der Waals surface area contributed by atoms with E-state index in [1.54, 1.807) is 5.32 Å². The Morgan fingerprint density at radius 2 is 1.61 bits per heavy atom. The fourth-order valence-corrected chi connectivity index (χ4v) is 1.88. The summed E-state index contributed by atoms with van der Waals surface area (Å²) in [6.45, 7) is -0.349. The Balaban J connectivity index is 0. The molecule has 0 aliphatic carbocycles. The lowest BCUT2D eigenvalue weighted by molar-refractivity contribution is 0.176. The van der Waals surface area contributed by atoms with E-state index in [2.05, 4.69) is 0 Å². The molecule has 8 nitrogen and oxygen atoms in total. The van der Waals surface area contributed by atoms with Crippen molar-refractivity contribution in [2.24, 2.45) is 0 Å². The maximum absolute atomic E-state index is 11.3. The van der Waals surface area contributed by atoms with Crippen LogP contribution in [-0.2, 0) is 13.6 Å². The maximum atomic E-state index is 11.3. The number of nitrogens with one attached hydrogen (secondary N) is 1. The SMILES string of the molecule is O=C(O)NCO.O=P(CO)(OCCCl)OCCCl. The van der Waals surface area contributed by atoms with E-state index in [1.165, 1.54) is 0 Å². The van der Waals surface area contributed by atoms with Crippen LogP contribution < -0.4 is 5.32 Å². The first kappa shape index (κ1) is 20.2. The molecule has 0 aliphatic rings. The highest BCUT2D eigenvalue weighted by atomic mass is 35.5. The second kappa shape index (κ2) is 13.4. The fraction of sp³-hybridized carbons (Fsp3) is 0.857. The molecular weight excluding hydrogens is 312 g/mol. The first-order valence-corrected chi connectivity index (χ1v) is 7.44. The minimum absolute atomic E-state index is 0.0850. The third-order valence-corrected chi connectivity index (χ3v) is 2.94. The number of hydrogen-bond acceptors (Lipinski definition) is 6. The van der Waals surface area contributed by atoms with Gasteiger partial charge in [0.1, 0.15) is 13.1 Å². The summed E-state index contributed by atoms with van der Waals surface area (Å²) in [5.74, 6) is 0.405. The predicted molar refractivity (Wildman–Crippen MR) is 66.3 cm³/mol. The van der Waals surface area contributed by atoms with E-state index in [-0.39, 0.29) is 25.0 Å². The van der Waals surface area contributed by atoms with Crippen LogP contribution in [0.15, 0.2) is 0 Å². The van der Waals surface area contributed by atoms with E-state index >= 15 is 0 Å². The topological polar surface area (TPSA) is 125 Å². The molecule has 0 fully saturated rings. The Kier molecular flexibility index (Phi) is 15.0. The second-order valence-corrected chi connectivity index (χ2v) is 5.21. The van der Waals surface area contributed by atoms with E-state index in [1.807, 2.05) is 0 Å². The van der Waals surface area contributed by atoms with Crippen LogP contribution in [0, 0.1) is 0 Å². The molecule has 0 unspecified atom stereocenters. The molecule has 0 aromatic carbocycles. The first-order chi connectivity index (χ1) is 8.45. The molecule has 0 aromatic rings. The highest BCUT2D eigenvalue weighted by molar-refractivity contribution is 7.53. The Hall–Kier alpha value is -0.0800. The minimum Gasteiger partial charge on any atom is -0.465 e. The number of carbonyl (C=O) groups is 1. The third-order valence-electron chi connectivity index (χ3n) is 1.13. The van der Waals surface area contributed by atoms with Gasteiger partial charge in [0.2, 0.25) is 0 Å². The van der Waals surface area contributed by atoms with Gasteiger partial charge in [-0.25, -0.2) is 4.79 Å². The van der Waals surface area contributed by atoms with Crippen LogP contribution in [-0.4, -0.2) is 59.5 Å². The lowest BCUT2D eigenvalue weighted by Crippen LogP contribution is -2.20. The number of carboxylic acid groups (broad SMARTS) is 1. The van der Waals surface area contributed by atoms with Crippen molar-refractivity contribution in [1.29, 1.82) is 0 Å². The molecule has 0 aromatic heterocycles. The molecule has 1 amide bonds. The van der Waals surface area contributed by atoms with E-state index in [0.29, 0.717) is 0 Å². The standard InChI is InChI=1S/C5H11Cl2O4P.C2H5NO3/c6-1-3-10-12(9,5-8)11-4-2-7;4-1-3-2(5)6/h8H,1-5H2;3-4H,1H2,(H,5,6). The van der Waals surface area contributed by atoms with Crippen molar-refractivity contribution in [2.75, 3.05) is 38.1 Å². The molecule has 0 spiro atoms. The third kappa shape index (κ3) is 14.0. The quantitative estimate of drug-likeness (QED) is 0.296. The molecule has 0 radical (unpaired) electrons. The fourth-order valence-electron chi connectivity index (χ4n) is 0.534. The first-order valence-electron chi connectivity index (χ1n) is 4.64. The smallest absolute Gasteiger partial charge is 0.406 e. The molecule has 4 N–H and O–H groups in total. The summed E-state index contributed by atoms with van der Waals surface area (Å²) >= 11 is 10.6.